The lowest BCUT2D eigenvalue weighted by Crippen LogP contribution is -2.44. The van der Waals surface area contributed by atoms with Crippen LogP contribution in [0.15, 0.2) is 59.8 Å². The largest absolute Gasteiger partial charge is 0.329 e. The van der Waals surface area contributed by atoms with Crippen LogP contribution >= 0.6 is 0 Å². The van der Waals surface area contributed by atoms with E-state index >= 15 is 0 Å². The first-order valence-corrected chi connectivity index (χ1v) is 8.73. The molecule has 0 saturated heterocycles. The van der Waals surface area contributed by atoms with Crippen LogP contribution in [-0.4, -0.2) is 23.4 Å². The van der Waals surface area contributed by atoms with Crippen LogP contribution in [0.3, 0.4) is 0 Å². The number of nitrogens with one attached hydrogen (secondary N) is 2. The summed E-state index contributed by atoms with van der Waals surface area (Å²) in [5, 5.41) is 5.71. The van der Waals surface area contributed by atoms with Crippen molar-refractivity contribution >= 4 is 11.9 Å². The van der Waals surface area contributed by atoms with Gasteiger partial charge in [0.2, 0.25) is 0 Å². The molecule has 2 aromatic rings. The monoisotopic (exact) mass is 347 g/mol. The molecule has 2 aliphatic heterocycles. The second-order valence-corrected chi connectivity index (χ2v) is 6.98. The van der Waals surface area contributed by atoms with Gasteiger partial charge in [0.1, 0.15) is 0 Å². The summed E-state index contributed by atoms with van der Waals surface area (Å²) in [6, 6.07) is 15.4. The van der Waals surface area contributed by atoms with Crippen molar-refractivity contribution in [3.8, 4) is 0 Å². The van der Waals surface area contributed by atoms with Crippen LogP contribution in [0.5, 0.6) is 0 Å². The van der Waals surface area contributed by atoms with Crippen LogP contribution in [0.25, 0.3) is 0 Å². The van der Waals surface area contributed by atoms with Gasteiger partial charge >= 0.3 is 6.03 Å². The Labute approximate surface area is 152 Å². The van der Waals surface area contributed by atoms with Gasteiger partial charge in [-0.2, -0.15) is 0 Å². The fourth-order valence-electron chi connectivity index (χ4n) is 3.60. The first-order chi connectivity index (χ1) is 12.5. The molecule has 0 aromatic heterocycles. The molecule has 2 N–H and O–H groups in total. The Morgan fingerprint density at radius 2 is 1.81 bits per heavy atom. The van der Waals surface area contributed by atoms with Crippen LogP contribution in [0.1, 0.15) is 28.3 Å². The molecular formula is C21H21N3O2. The second kappa shape index (κ2) is 6.33. The number of amides is 3. The number of carbonyl (C=O) groups is 2. The zero-order chi connectivity index (χ0) is 18.3. The highest BCUT2D eigenvalue weighted by Crippen LogP contribution is 2.33. The van der Waals surface area contributed by atoms with Crippen molar-refractivity contribution in [2.24, 2.45) is 0 Å². The van der Waals surface area contributed by atoms with E-state index in [9.17, 15) is 9.59 Å². The molecule has 3 amide bonds. The molecule has 1 atom stereocenters. The first kappa shape index (κ1) is 16.4. The molecule has 5 heteroatoms. The number of rotatable bonds is 3. The van der Waals surface area contributed by atoms with Gasteiger partial charge in [-0.3, -0.25) is 4.79 Å². The Balaban J connectivity index is 1.62. The van der Waals surface area contributed by atoms with Gasteiger partial charge in [-0.1, -0.05) is 59.7 Å². The number of benzene rings is 2. The standard InChI is InChI=1S/C21H21N3O2/c1-13-6-8-16(9-7-13)19-18-17(22-21(26)23-19)12-24(20(18)25)11-15-5-3-4-14(2)10-15/h3-10,19H,11-12H2,1-2H3,(H2,22,23,26). The van der Waals surface area contributed by atoms with Crippen LogP contribution in [0.4, 0.5) is 4.79 Å². The summed E-state index contributed by atoms with van der Waals surface area (Å²) in [6.07, 6.45) is 0. The van der Waals surface area contributed by atoms with Crippen molar-refractivity contribution in [2.75, 3.05) is 6.54 Å². The van der Waals surface area contributed by atoms with E-state index in [-0.39, 0.29) is 11.9 Å². The van der Waals surface area contributed by atoms with Crippen molar-refractivity contribution in [1.82, 2.24) is 15.5 Å². The van der Waals surface area contributed by atoms with E-state index in [2.05, 4.69) is 16.7 Å². The minimum atomic E-state index is -0.408. The van der Waals surface area contributed by atoms with Crippen molar-refractivity contribution in [3.05, 3.63) is 82.1 Å². The number of hydrogen-bond donors (Lipinski definition) is 2. The highest BCUT2D eigenvalue weighted by atomic mass is 16.2. The molecule has 2 aromatic carbocycles. The summed E-state index contributed by atoms with van der Waals surface area (Å²) in [6.45, 7) is 5.01. The van der Waals surface area contributed by atoms with Gasteiger partial charge in [0.05, 0.1) is 23.9 Å². The van der Waals surface area contributed by atoms with Crippen LogP contribution in [0, 0.1) is 13.8 Å². The molecule has 2 aliphatic rings. The molecule has 2 heterocycles. The second-order valence-electron chi connectivity index (χ2n) is 6.98. The molecule has 0 fully saturated rings. The van der Waals surface area contributed by atoms with Gasteiger partial charge in [0.25, 0.3) is 5.91 Å². The number of nitrogens with zero attached hydrogens (tertiary/aromatic N) is 1. The predicted octanol–water partition coefficient (Wildman–Crippen LogP) is 2.95. The third-order valence-electron chi connectivity index (χ3n) is 4.89. The quantitative estimate of drug-likeness (QED) is 0.897. The molecule has 132 valence electrons. The molecule has 0 saturated carbocycles. The minimum Gasteiger partial charge on any atom is -0.329 e. The Kier molecular flexibility index (Phi) is 3.99. The lowest BCUT2D eigenvalue weighted by Gasteiger charge is -2.25. The molecule has 1 unspecified atom stereocenters. The van der Waals surface area contributed by atoms with Gasteiger partial charge in [0.15, 0.2) is 0 Å². The average Bonchev–Trinajstić information content (AvgIpc) is 2.90. The lowest BCUT2D eigenvalue weighted by molar-refractivity contribution is -0.126. The van der Waals surface area contributed by atoms with Crippen LogP contribution in [0.2, 0.25) is 0 Å². The molecule has 5 nitrogen and oxygen atoms in total. The fourth-order valence-corrected chi connectivity index (χ4v) is 3.60. The van der Waals surface area contributed by atoms with Crippen molar-refractivity contribution in [2.45, 2.75) is 26.4 Å². The Morgan fingerprint density at radius 1 is 1.04 bits per heavy atom. The van der Waals surface area contributed by atoms with Gasteiger partial charge in [-0.25, -0.2) is 4.79 Å². The number of hydrogen-bond acceptors (Lipinski definition) is 2. The SMILES string of the molecule is Cc1ccc(C2NC(=O)NC3=C2C(=O)N(Cc2cccc(C)c2)C3)cc1. The molecular weight excluding hydrogens is 326 g/mol. The topological polar surface area (TPSA) is 61.4 Å². The summed E-state index contributed by atoms with van der Waals surface area (Å²) in [5.74, 6) is -0.0282. The van der Waals surface area contributed by atoms with Gasteiger partial charge < -0.3 is 15.5 Å². The zero-order valence-corrected chi connectivity index (χ0v) is 14.9. The summed E-state index contributed by atoms with van der Waals surface area (Å²) >= 11 is 0. The van der Waals surface area contributed by atoms with Gasteiger partial charge in [0, 0.05) is 6.54 Å². The smallest absolute Gasteiger partial charge is 0.319 e. The van der Waals surface area contributed by atoms with Crippen molar-refractivity contribution in [3.63, 3.8) is 0 Å². The normalized spacial score (nSPS) is 19.3. The third-order valence-corrected chi connectivity index (χ3v) is 4.89. The molecule has 0 aliphatic carbocycles. The summed E-state index contributed by atoms with van der Waals surface area (Å²) in [4.78, 5) is 26.9. The third kappa shape index (κ3) is 2.96. The van der Waals surface area contributed by atoms with Crippen molar-refractivity contribution in [1.29, 1.82) is 0 Å². The van der Waals surface area contributed by atoms with E-state index in [4.69, 9.17) is 0 Å². The number of urea groups is 1. The van der Waals surface area contributed by atoms with E-state index in [0.717, 1.165) is 16.7 Å². The summed E-state index contributed by atoms with van der Waals surface area (Å²) in [5.41, 5.74) is 5.66. The van der Waals surface area contributed by atoms with Crippen LogP contribution in [-0.2, 0) is 11.3 Å². The van der Waals surface area contributed by atoms with E-state index in [1.54, 1.807) is 4.90 Å². The molecule has 26 heavy (non-hydrogen) atoms. The molecule has 4 rings (SSSR count). The van der Waals surface area contributed by atoms with Gasteiger partial charge in [-0.15, -0.1) is 0 Å². The maximum Gasteiger partial charge on any atom is 0.319 e. The van der Waals surface area contributed by atoms with E-state index < -0.39 is 6.04 Å². The predicted molar refractivity (Wildman–Crippen MR) is 99.2 cm³/mol. The van der Waals surface area contributed by atoms with Crippen LogP contribution < -0.4 is 10.6 Å². The summed E-state index contributed by atoms with van der Waals surface area (Å²) < 4.78 is 0. The van der Waals surface area contributed by atoms with Crippen molar-refractivity contribution < 1.29 is 9.59 Å². The Bertz CT molecular complexity index is 915. The minimum absolute atomic E-state index is 0.0282. The average molecular weight is 347 g/mol. The molecule has 0 radical (unpaired) electrons. The van der Waals surface area contributed by atoms with E-state index in [0.29, 0.717) is 24.4 Å². The first-order valence-electron chi connectivity index (χ1n) is 8.73. The maximum absolute atomic E-state index is 13.1. The maximum atomic E-state index is 13.1. The zero-order valence-electron chi connectivity index (χ0n) is 14.9. The van der Waals surface area contributed by atoms with E-state index in [1.165, 1.54) is 5.56 Å². The number of aryl methyl sites for hydroxylation is 2. The van der Waals surface area contributed by atoms with E-state index in [1.807, 2.05) is 56.3 Å². The van der Waals surface area contributed by atoms with Gasteiger partial charge in [-0.05, 0) is 25.0 Å². The highest BCUT2D eigenvalue weighted by Gasteiger charge is 2.40. The molecule has 0 spiro atoms. The molecule has 0 bridgehead atoms. The Hall–Kier alpha value is -3.08. The number of carbonyl (C=O) groups excluding carboxylic acids is 2. The Morgan fingerprint density at radius 3 is 2.54 bits per heavy atom. The fraction of sp³-hybridized carbons (Fsp3) is 0.238. The lowest BCUT2D eigenvalue weighted by atomic mass is 9.95. The highest BCUT2D eigenvalue weighted by molar-refractivity contribution is 6.01. The summed E-state index contributed by atoms with van der Waals surface area (Å²) in [7, 11) is 0.